The van der Waals surface area contributed by atoms with Crippen molar-refractivity contribution < 1.29 is 27.3 Å². The maximum absolute atomic E-state index is 14.2. The Morgan fingerprint density at radius 1 is 0.491 bits per heavy atom. The molecule has 2 atom stereocenters. The standard InChI is InChI=1S/C44H60O6Si3/c1-9-47-43(39-29-19-13-20-30-39,41(45)37-25-15-11-16-26-37)33-23-35-51(3,4)49-53(7,8)50-52(5,6)36-24-34-44(48-10-2,40-31-21-14-22-32-40)42(46)38-27-17-12-18-28-38/h11-22,25-32H,9-10,23-24,33-36H2,1-8H3. The number of rotatable bonds is 22. The Labute approximate surface area is 321 Å². The van der Waals surface area contributed by atoms with Gasteiger partial charge in [-0.2, -0.15) is 0 Å². The molecule has 0 aliphatic rings. The first kappa shape index (κ1) is 42.5. The average Bonchev–Trinajstić information content (AvgIpc) is 3.14. The highest BCUT2D eigenvalue weighted by atomic mass is 28.5. The van der Waals surface area contributed by atoms with Gasteiger partial charge in [-0.25, -0.2) is 0 Å². The first-order valence-electron chi connectivity index (χ1n) is 19.2. The number of ketones is 2. The smallest absolute Gasteiger partial charge is 0.311 e. The highest BCUT2D eigenvalue weighted by Gasteiger charge is 2.45. The van der Waals surface area contributed by atoms with Crippen molar-refractivity contribution in [1.82, 2.24) is 0 Å². The monoisotopic (exact) mass is 768 g/mol. The largest absolute Gasteiger partial charge is 0.437 e. The fourth-order valence-electron chi connectivity index (χ4n) is 7.75. The minimum Gasteiger partial charge on any atom is -0.437 e. The van der Waals surface area contributed by atoms with Gasteiger partial charge in [0, 0.05) is 24.3 Å². The summed E-state index contributed by atoms with van der Waals surface area (Å²) >= 11 is 0. The Balaban J connectivity index is 1.44. The molecule has 0 aromatic heterocycles. The predicted octanol–water partition coefficient (Wildman–Crippen LogP) is 11.3. The molecular formula is C44H60O6Si3. The second-order valence-corrected chi connectivity index (χ2v) is 27.9. The van der Waals surface area contributed by atoms with Crippen molar-refractivity contribution in [2.24, 2.45) is 0 Å². The van der Waals surface area contributed by atoms with Crippen molar-refractivity contribution in [3.8, 4) is 0 Å². The number of carbonyl (C=O) groups is 2. The molecule has 0 amide bonds. The van der Waals surface area contributed by atoms with Gasteiger partial charge in [-0.1, -0.05) is 134 Å². The van der Waals surface area contributed by atoms with Crippen LogP contribution in [0.1, 0.15) is 71.4 Å². The van der Waals surface area contributed by atoms with Gasteiger partial charge in [-0.05, 0) is 89.2 Å². The lowest BCUT2D eigenvalue weighted by molar-refractivity contribution is -0.0298. The zero-order valence-electron chi connectivity index (χ0n) is 33.2. The summed E-state index contributed by atoms with van der Waals surface area (Å²) in [6.07, 6.45) is 2.69. The van der Waals surface area contributed by atoms with Crippen molar-refractivity contribution >= 4 is 36.8 Å². The predicted molar refractivity (Wildman–Crippen MR) is 224 cm³/mol. The van der Waals surface area contributed by atoms with Crippen LogP contribution in [-0.2, 0) is 28.9 Å². The Morgan fingerprint density at radius 2 is 0.792 bits per heavy atom. The number of benzene rings is 4. The van der Waals surface area contributed by atoms with Gasteiger partial charge in [0.2, 0.25) is 0 Å². The van der Waals surface area contributed by atoms with Crippen LogP contribution in [0.5, 0.6) is 0 Å². The van der Waals surface area contributed by atoms with Crippen LogP contribution >= 0.6 is 0 Å². The summed E-state index contributed by atoms with van der Waals surface area (Å²) in [4.78, 5) is 28.4. The van der Waals surface area contributed by atoms with Gasteiger partial charge < -0.3 is 17.7 Å². The number of ether oxygens (including phenoxy) is 2. The van der Waals surface area contributed by atoms with Crippen LogP contribution in [0.3, 0.4) is 0 Å². The molecule has 6 nitrogen and oxygen atoms in total. The fraction of sp³-hybridized carbons (Fsp3) is 0.409. The van der Waals surface area contributed by atoms with Gasteiger partial charge in [0.1, 0.15) is 0 Å². The van der Waals surface area contributed by atoms with Gasteiger partial charge in [0.05, 0.1) is 0 Å². The number of carbonyl (C=O) groups excluding carboxylic acids is 2. The van der Waals surface area contributed by atoms with Gasteiger partial charge >= 0.3 is 8.56 Å². The lowest BCUT2D eigenvalue weighted by atomic mass is 9.82. The molecular weight excluding hydrogens is 709 g/mol. The molecule has 9 heteroatoms. The van der Waals surface area contributed by atoms with Gasteiger partial charge in [-0.15, -0.1) is 0 Å². The molecule has 0 fully saturated rings. The maximum Gasteiger partial charge on any atom is 0.311 e. The van der Waals surface area contributed by atoms with Crippen LogP contribution in [0.15, 0.2) is 121 Å². The normalized spacial score (nSPS) is 14.6. The summed E-state index contributed by atoms with van der Waals surface area (Å²) in [5, 5.41) is 0. The first-order chi connectivity index (χ1) is 25.2. The zero-order chi connectivity index (χ0) is 38.6. The van der Waals surface area contributed by atoms with E-state index in [9.17, 15) is 9.59 Å². The quantitative estimate of drug-likeness (QED) is 0.0586. The Hall–Kier alpha value is -3.29. The van der Waals surface area contributed by atoms with E-state index in [-0.39, 0.29) is 11.6 Å². The number of Topliss-reactive ketones (excluding diaryl/α,β-unsaturated/α-hetero) is 2. The second-order valence-electron chi connectivity index (χ2n) is 15.5. The minimum absolute atomic E-state index is 0.0107. The highest BCUT2D eigenvalue weighted by molar-refractivity contribution is 6.87. The van der Waals surface area contributed by atoms with E-state index in [0.29, 0.717) is 37.2 Å². The molecule has 0 radical (unpaired) electrons. The average molecular weight is 769 g/mol. The summed E-state index contributed by atoms with van der Waals surface area (Å²) in [6.45, 7) is 18.1. The van der Waals surface area contributed by atoms with E-state index in [1.54, 1.807) is 0 Å². The van der Waals surface area contributed by atoms with Gasteiger partial charge in [0.25, 0.3) is 0 Å². The molecule has 284 valence electrons. The number of hydrogen-bond donors (Lipinski definition) is 0. The first-order valence-corrected chi connectivity index (χ1v) is 28.2. The third-order valence-corrected chi connectivity index (χ3v) is 21.2. The Bertz CT molecular complexity index is 1590. The molecule has 0 aliphatic heterocycles. The lowest BCUT2D eigenvalue weighted by Crippen LogP contribution is -2.52. The van der Waals surface area contributed by atoms with Crippen LogP contribution in [0.2, 0.25) is 51.4 Å². The third kappa shape index (κ3) is 11.4. The molecule has 0 saturated carbocycles. The van der Waals surface area contributed by atoms with Crippen LogP contribution in [0, 0.1) is 0 Å². The van der Waals surface area contributed by atoms with E-state index in [1.165, 1.54) is 0 Å². The Morgan fingerprint density at radius 3 is 1.09 bits per heavy atom. The maximum atomic E-state index is 14.2. The molecule has 53 heavy (non-hydrogen) atoms. The van der Waals surface area contributed by atoms with Crippen LogP contribution in [0.25, 0.3) is 0 Å². The summed E-state index contributed by atoms with van der Waals surface area (Å²) in [7, 11) is -6.98. The zero-order valence-corrected chi connectivity index (χ0v) is 36.2. The molecule has 2 unspecified atom stereocenters. The highest BCUT2D eigenvalue weighted by Crippen LogP contribution is 2.39. The molecule has 0 spiro atoms. The topological polar surface area (TPSA) is 71.1 Å². The minimum atomic E-state index is -2.55. The fourth-order valence-corrected chi connectivity index (χ4v) is 21.8. The van der Waals surface area contributed by atoms with Crippen molar-refractivity contribution in [2.75, 3.05) is 13.2 Å². The third-order valence-electron chi connectivity index (χ3n) is 9.73. The lowest BCUT2D eigenvalue weighted by Gasteiger charge is -2.40. The van der Waals surface area contributed by atoms with Crippen LogP contribution in [-0.4, -0.2) is 50.0 Å². The van der Waals surface area contributed by atoms with Crippen molar-refractivity contribution in [3.63, 3.8) is 0 Å². The van der Waals surface area contributed by atoms with E-state index >= 15 is 0 Å². The number of hydrogen-bond acceptors (Lipinski definition) is 6. The molecule has 4 aromatic rings. The van der Waals surface area contributed by atoms with E-state index in [0.717, 1.165) is 36.1 Å². The van der Waals surface area contributed by atoms with Crippen LogP contribution < -0.4 is 0 Å². The molecule has 0 bridgehead atoms. The van der Waals surface area contributed by atoms with Gasteiger partial charge in [-0.3, -0.25) is 9.59 Å². The summed E-state index contributed by atoms with van der Waals surface area (Å²) in [6, 6.07) is 40.5. The van der Waals surface area contributed by atoms with Crippen molar-refractivity contribution in [1.29, 1.82) is 0 Å². The van der Waals surface area contributed by atoms with Crippen molar-refractivity contribution in [3.05, 3.63) is 144 Å². The summed E-state index contributed by atoms with van der Waals surface area (Å²) in [5.41, 5.74) is 0.926. The second kappa shape index (κ2) is 18.8. The molecule has 4 rings (SSSR count). The molecule has 4 aromatic carbocycles. The van der Waals surface area contributed by atoms with E-state index in [1.807, 2.05) is 135 Å². The van der Waals surface area contributed by atoms with Crippen molar-refractivity contribution in [2.45, 2.75) is 102 Å². The SMILES string of the molecule is CCOC(CCC[Si](C)(C)O[Si](C)(C)O[Si](C)(C)CCCC(OCC)(C(=O)c1ccccc1)c1ccccc1)(C(=O)c1ccccc1)c1ccccc1. The van der Waals surface area contributed by atoms with E-state index < -0.39 is 36.4 Å². The van der Waals surface area contributed by atoms with Crippen LogP contribution in [0.4, 0.5) is 0 Å². The molecule has 0 saturated heterocycles. The summed E-state index contributed by atoms with van der Waals surface area (Å²) in [5.74, 6) is -0.0214. The summed E-state index contributed by atoms with van der Waals surface area (Å²) < 4.78 is 26.9. The molecule has 0 N–H and O–H groups in total. The van der Waals surface area contributed by atoms with E-state index in [4.69, 9.17) is 17.7 Å². The molecule has 0 heterocycles. The van der Waals surface area contributed by atoms with E-state index in [2.05, 4.69) is 39.3 Å². The van der Waals surface area contributed by atoms with Gasteiger partial charge in [0.15, 0.2) is 39.4 Å². The molecule has 0 aliphatic carbocycles. The Kier molecular flexibility index (Phi) is 15.1.